The van der Waals surface area contributed by atoms with Gasteiger partial charge in [-0.05, 0) is 25.0 Å². The van der Waals surface area contributed by atoms with Crippen LogP contribution in [0, 0.1) is 10.1 Å². The van der Waals surface area contributed by atoms with Crippen molar-refractivity contribution in [1.82, 2.24) is 0 Å². The molecular formula is C30H48NO12P. The molecule has 0 aromatic heterocycles. The van der Waals surface area contributed by atoms with E-state index in [-0.39, 0.29) is 30.9 Å². The largest absolute Gasteiger partial charge is 0.472 e. The molecule has 1 N–H and O–H groups in total. The highest BCUT2D eigenvalue weighted by atomic mass is 31.2. The SMILES string of the molecule is CCCCCCCCCCCCCC(=O)OC[C@H](COP(=O)(O)OCCC)OC(=O)CCC(=O)Oc1ccc([N+](=O)[O-])cc1. The number of phosphoric acid groups is 1. The number of nitro groups is 1. The van der Waals surface area contributed by atoms with Crippen LogP contribution in [0.1, 0.15) is 110 Å². The maximum absolute atomic E-state index is 12.4. The van der Waals surface area contributed by atoms with Crippen LogP contribution >= 0.6 is 7.82 Å². The fraction of sp³-hybridized carbons (Fsp3) is 0.700. The van der Waals surface area contributed by atoms with Gasteiger partial charge in [0.25, 0.3) is 5.69 Å². The van der Waals surface area contributed by atoms with Gasteiger partial charge in [-0.25, -0.2) is 4.57 Å². The Labute approximate surface area is 259 Å². The second-order valence-corrected chi connectivity index (χ2v) is 11.9. The van der Waals surface area contributed by atoms with Gasteiger partial charge in [-0.3, -0.25) is 33.5 Å². The lowest BCUT2D eigenvalue weighted by atomic mass is 10.1. The van der Waals surface area contributed by atoms with Crippen LogP contribution in [0.3, 0.4) is 0 Å². The lowest BCUT2D eigenvalue weighted by molar-refractivity contribution is -0.384. The smallest absolute Gasteiger partial charge is 0.462 e. The van der Waals surface area contributed by atoms with E-state index in [9.17, 15) is 34.0 Å². The highest BCUT2D eigenvalue weighted by molar-refractivity contribution is 7.47. The van der Waals surface area contributed by atoms with Gasteiger partial charge in [-0.15, -0.1) is 0 Å². The minimum absolute atomic E-state index is 0.0248. The van der Waals surface area contributed by atoms with Crippen LogP contribution in [0.15, 0.2) is 24.3 Å². The molecular weight excluding hydrogens is 597 g/mol. The van der Waals surface area contributed by atoms with E-state index in [0.717, 1.165) is 19.3 Å². The lowest BCUT2D eigenvalue weighted by Gasteiger charge is -2.19. The minimum Gasteiger partial charge on any atom is -0.462 e. The lowest BCUT2D eigenvalue weighted by Crippen LogP contribution is -2.30. The highest BCUT2D eigenvalue weighted by Gasteiger charge is 2.26. The normalized spacial score (nSPS) is 13.1. The van der Waals surface area contributed by atoms with E-state index < -0.39 is 56.4 Å². The number of ether oxygens (including phenoxy) is 3. The first-order valence-electron chi connectivity index (χ1n) is 15.5. The number of phosphoric ester groups is 1. The van der Waals surface area contributed by atoms with Crippen LogP contribution in [-0.2, 0) is 37.5 Å². The van der Waals surface area contributed by atoms with Crippen molar-refractivity contribution in [2.45, 2.75) is 116 Å². The predicted molar refractivity (Wildman–Crippen MR) is 162 cm³/mol. The van der Waals surface area contributed by atoms with Crippen LogP contribution in [0.2, 0.25) is 0 Å². The van der Waals surface area contributed by atoms with Gasteiger partial charge in [-0.2, -0.15) is 0 Å². The van der Waals surface area contributed by atoms with Crippen molar-refractivity contribution in [2.75, 3.05) is 19.8 Å². The van der Waals surface area contributed by atoms with Gasteiger partial charge in [0.15, 0.2) is 6.10 Å². The number of carbonyl (C=O) groups is 3. The Morgan fingerprint density at radius 1 is 0.773 bits per heavy atom. The molecule has 250 valence electrons. The Kier molecular flexibility index (Phi) is 20.9. The zero-order chi connectivity index (χ0) is 32.6. The number of rotatable bonds is 26. The van der Waals surface area contributed by atoms with Gasteiger partial charge in [0, 0.05) is 18.6 Å². The number of hydrogen-bond donors (Lipinski definition) is 1. The average molecular weight is 646 g/mol. The molecule has 13 nitrogen and oxygen atoms in total. The Morgan fingerprint density at radius 3 is 1.91 bits per heavy atom. The van der Waals surface area contributed by atoms with Gasteiger partial charge in [-0.1, -0.05) is 78.1 Å². The maximum Gasteiger partial charge on any atom is 0.472 e. The molecule has 1 aromatic carbocycles. The molecule has 0 saturated heterocycles. The summed E-state index contributed by atoms with van der Waals surface area (Å²) < 4.78 is 37.3. The third kappa shape index (κ3) is 20.2. The molecule has 0 aliphatic heterocycles. The second kappa shape index (κ2) is 23.5. The summed E-state index contributed by atoms with van der Waals surface area (Å²) in [7, 11) is -4.42. The van der Waals surface area contributed by atoms with Gasteiger partial charge in [0.1, 0.15) is 12.4 Å². The molecule has 0 spiro atoms. The van der Waals surface area contributed by atoms with E-state index in [2.05, 4.69) is 6.92 Å². The summed E-state index contributed by atoms with van der Waals surface area (Å²) in [6.45, 7) is 2.93. The molecule has 1 rings (SSSR count). The van der Waals surface area contributed by atoms with Crippen LogP contribution < -0.4 is 4.74 Å². The quantitative estimate of drug-likeness (QED) is 0.0273. The van der Waals surface area contributed by atoms with Crippen molar-refractivity contribution >= 4 is 31.4 Å². The summed E-state index contributed by atoms with van der Waals surface area (Å²) in [6, 6.07) is 4.84. The number of nitro benzene ring substituents is 1. The van der Waals surface area contributed by atoms with Crippen molar-refractivity contribution in [1.29, 1.82) is 0 Å². The Morgan fingerprint density at radius 2 is 1.34 bits per heavy atom. The summed E-state index contributed by atoms with van der Waals surface area (Å²) in [6.07, 6.45) is 11.2. The molecule has 0 fully saturated rings. The minimum atomic E-state index is -4.42. The maximum atomic E-state index is 12.4. The number of non-ortho nitro benzene ring substituents is 1. The monoisotopic (exact) mass is 645 g/mol. The number of nitrogens with zero attached hydrogens (tertiary/aromatic N) is 1. The fourth-order valence-electron chi connectivity index (χ4n) is 4.00. The van der Waals surface area contributed by atoms with Crippen molar-refractivity contribution in [3.8, 4) is 5.75 Å². The van der Waals surface area contributed by atoms with Gasteiger partial charge in [0.2, 0.25) is 0 Å². The third-order valence-corrected chi connectivity index (χ3v) is 7.39. The predicted octanol–water partition coefficient (Wildman–Crippen LogP) is 6.98. The van der Waals surface area contributed by atoms with Crippen molar-refractivity contribution in [3.63, 3.8) is 0 Å². The molecule has 0 bridgehead atoms. The van der Waals surface area contributed by atoms with Crippen molar-refractivity contribution in [2.24, 2.45) is 0 Å². The number of benzene rings is 1. The molecule has 0 saturated carbocycles. The van der Waals surface area contributed by atoms with Gasteiger partial charge < -0.3 is 19.1 Å². The molecule has 14 heteroatoms. The Balaban J connectivity index is 2.45. The number of esters is 3. The van der Waals surface area contributed by atoms with E-state index in [0.29, 0.717) is 12.8 Å². The van der Waals surface area contributed by atoms with E-state index in [1.54, 1.807) is 6.92 Å². The average Bonchev–Trinajstić information content (AvgIpc) is 2.99. The highest BCUT2D eigenvalue weighted by Crippen LogP contribution is 2.43. The Bertz CT molecular complexity index is 1030. The molecule has 0 aliphatic rings. The van der Waals surface area contributed by atoms with Crippen LogP contribution in [0.4, 0.5) is 5.69 Å². The van der Waals surface area contributed by atoms with E-state index >= 15 is 0 Å². The molecule has 2 atom stereocenters. The number of unbranched alkanes of at least 4 members (excludes halogenated alkanes) is 10. The summed E-state index contributed by atoms with van der Waals surface area (Å²) in [5, 5.41) is 10.7. The summed E-state index contributed by atoms with van der Waals surface area (Å²) in [5.41, 5.74) is -0.173. The third-order valence-electron chi connectivity index (χ3n) is 6.41. The molecule has 0 amide bonds. The summed E-state index contributed by atoms with van der Waals surface area (Å²) >= 11 is 0. The molecule has 1 unspecified atom stereocenters. The first-order valence-corrected chi connectivity index (χ1v) is 17.0. The molecule has 0 heterocycles. The van der Waals surface area contributed by atoms with Crippen LogP contribution in [0.5, 0.6) is 5.75 Å². The molecule has 0 radical (unpaired) electrons. The number of hydrogen-bond acceptors (Lipinski definition) is 11. The summed E-state index contributed by atoms with van der Waals surface area (Å²) in [4.78, 5) is 56.7. The zero-order valence-corrected chi connectivity index (χ0v) is 26.8. The van der Waals surface area contributed by atoms with E-state index in [1.807, 2.05) is 0 Å². The first kappa shape index (κ1) is 39.2. The van der Waals surface area contributed by atoms with Crippen molar-refractivity contribution in [3.05, 3.63) is 34.4 Å². The van der Waals surface area contributed by atoms with E-state index in [4.69, 9.17) is 23.3 Å². The van der Waals surface area contributed by atoms with Gasteiger partial charge >= 0.3 is 25.7 Å². The fourth-order valence-corrected chi connectivity index (χ4v) is 4.84. The van der Waals surface area contributed by atoms with Gasteiger partial charge in [0.05, 0.1) is 31.0 Å². The van der Waals surface area contributed by atoms with E-state index in [1.165, 1.54) is 69.2 Å². The zero-order valence-electron chi connectivity index (χ0n) is 25.9. The molecule has 0 aliphatic carbocycles. The Hall–Kier alpha value is -2.86. The van der Waals surface area contributed by atoms with Crippen LogP contribution in [-0.4, -0.2) is 53.6 Å². The topological polar surface area (TPSA) is 178 Å². The summed E-state index contributed by atoms with van der Waals surface area (Å²) in [5.74, 6) is -2.07. The standard InChI is InChI=1S/C30H48NO12P/c1-3-5-6-7-8-9-10-11-12-13-14-15-28(32)39-23-27(24-41-44(37,38)40-22-4-2)43-30(34)21-20-29(33)42-26-18-16-25(17-19-26)31(35)36/h16-19,27H,3-15,20-24H2,1-2H3,(H,37,38)/t27-/m1/s1. The van der Waals surface area contributed by atoms with Crippen molar-refractivity contribution < 1.29 is 52.0 Å². The number of carbonyl (C=O) groups excluding carboxylic acids is 3. The molecule has 1 aromatic rings. The second-order valence-electron chi connectivity index (χ2n) is 10.4. The first-order chi connectivity index (χ1) is 21.1. The van der Waals surface area contributed by atoms with Crippen LogP contribution in [0.25, 0.3) is 0 Å². The molecule has 44 heavy (non-hydrogen) atoms.